The number of likely N-dealkylation sites (N-methyl/N-ethyl adjacent to an activating group) is 1. The second-order valence-electron chi connectivity index (χ2n) is 4.12. The van der Waals surface area contributed by atoms with Gasteiger partial charge in [0.1, 0.15) is 5.82 Å². The van der Waals surface area contributed by atoms with Crippen molar-refractivity contribution in [3.63, 3.8) is 0 Å². The van der Waals surface area contributed by atoms with Crippen molar-refractivity contribution in [2.45, 2.75) is 26.3 Å². The number of nitrogens with one attached hydrogen (secondary N) is 2. The molecule has 0 aliphatic rings. The molecule has 2 N–H and O–H groups in total. The highest BCUT2D eigenvalue weighted by atomic mass is 19.1. The molecule has 0 aromatic heterocycles. The van der Waals surface area contributed by atoms with Crippen LogP contribution in [0.15, 0.2) is 24.3 Å². The smallest absolute Gasteiger partial charge is 0.244 e. The lowest BCUT2D eigenvalue weighted by Gasteiger charge is -2.24. The van der Waals surface area contributed by atoms with Crippen LogP contribution in [-0.4, -0.2) is 18.0 Å². The van der Waals surface area contributed by atoms with Gasteiger partial charge in [-0.3, -0.25) is 4.79 Å². The average molecular weight is 224 g/mol. The van der Waals surface area contributed by atoms with Gasteiger partial charge in [-0.15, -0.1) is 0 Å². The lowest BCUT2D eigenvalue weighted by atomic mass is 10.0. The van der Waals surface area contributed by atoms with E-state index in [1.54, 1.807) is 13.8 Å². The van der Waals surface area contributed by atoms with Crippen molar-refractivity contribution in [3.05, 3.63) is 30.1 Å². The summed E-state index contributed by atoms with van der Waals surface area (Å²) in [5.41, 5.74) is -0.0410. The number of halogens is 1. The van der Waals surface area contributed by atoms with Gasteiger partial charge in [-0.05, 0) is 44.7 Å². The summed E-state index contributed by atoms with van der Waals surface area (Å²) in [7, 11) is 0. The summed E-state index contributed by atoms with van der Waals surface area (Å²) >= 11 is 0. The minimum absolute atomic E-state index is 0.138. The molecule has 1 rings (SSSR count). The van der Waals surface area contributed by atoms with Gasteiger partial charge in [0.25, 0.3) is 0 Å². The van der Waals surface area contributed by atoms with Crippen molar-refractivity contribution in [3.8, 4) is 0 Å². The first-order valence-electron chi connectivity index (χ1n) is 5.28. The molecule has 1 aromatic rings. The molecular weight excluding hydrogens is 207 g/mol. The third-order valence-corrected chi connectivity index (χ3v) is 2.29. The molecule has 0 spiro atoms. The highest BCUT2D eigenvalue weighted by molar-refractivity contribution is 5.97. The van der Waals surface area contributed by atoms with Crippen LogP contribution in [0.4, 0.5) is 10.1 Å². The van der Waals surface area contributed by atoms with E-state index in [9.17, 15) is 9.18 Å². The Morgan fingerprint density at radius 2 is 1.88 bits per heavy atom. The molecule has 3 nitrogen and oxygen atoms in total. The fourth-order valence-corrected chi connectivity index (χ4v) is 1.34. The van der Waals surface area contributed by atoms with Gasteiger partial charge in [0.05, 0.1) is 5.54 Å². The van der Waals surface area contributed by atoms with Crippen LogP contribution in [0.25, 0.3) is 0 Å². The quantitative estimate of drug-likeness (QED) is 0.822. The fraction of sp³-hybridized carbons (Fsp3) is 0.417. The molecule has 0 unspecified atom stereocenters. The first kappa shape index (κ1) is 12.6. The van der Waals surface area contributed by atoms with Crippen molar-refractivity contribution in [1.82, 2.24) is 5.32 Å². The highest BCUT2D eigenvalue weighted by Crippen LogP contribution is 2.11. The van der Waals surface area contributed by atoms with Gasteiger partial charge in [-0.2, -0.15) is 0 Å². The SMILES string of the molecule is CCNC(C)(C)C(=O)Nc1ccc(F)cc1. The normalized spacial score (nSPS) is 11.2. The first-order valence-corrected chi connectivity index (χ1v) is 5.28. The van der Waals surface area contributed by atoms with Gasteiger partial charge >= 0.3 is 0 Å². The standard InChI is InChI=1S/C12H17FN2O/c1-4-14-12(2,3)11(16)15-10-7-5-9(13)6-8-10/h5-8,14H,4H2,1-3H3,(H,15,16). The van der Waals surface area contributed by atoms with E-state index in [2.05, 4.69) is 10.6 Å². The van der Waals surface area contributed by atoms with Gasteiger partial charge in [0.2, 0.25) is 5.91 Å². The highest BCUT2D eigenvalue weighted by Gasteiger charge is 2.25. The second-order valence-corrected chi connectivity index (χ2v) is 4.12. The Morgan fingerprint density at radius 1 is 1.31 bits per heavy atom. The summed E-state index contributed by atoms with van der Waals surface area (Å²) < 4.78 is 12.7. The van der Waals surface area contributed by atoms with Crippen LogP contribution < -0.4 is 10.6 Å². The average Bonchev–Trinajstić information content (AvgIpc) is 2.21. The Kier molecular flexibility index (Phi) is 4.01. The Hall–Kier alpha value is -1.42. The van der Waals surface area contributed by atoms with Gasteiger partial charge in [0.15, 0.2) is 0 Å². The third kappa shape index (κ3) is 3.31. The molecule has 0 saturated carbocycles. The van der Waals surface area contributed by atoms with Crippen molar-refractivity contribution >= 4 is 11.6 Å². The number of carbonyl (C=O) groups excluding carboxylic acids is 1. The number of amides is 1. The van der Waals surface area contributed by atoms with E-state index in [1.165, 1.54) is 24.3 Å². The van der Waals surface area contributed by atoms with E-state index < -0.39 is 5.54 Å². The van der Waals surface area contributed by atoms with Gasteiger partial charge in [0, 0.05) is 5.69 Å². The number of benzene rings is 1. The van der Waals surface area contributed by atoms with E-state index in [0.717, 1.165) is 0 Å². The molecule has 0 bridgehead atoms. The summed E-state index contributed by atoms with van der Waals surface area (Å²) in [4.78, 5) is 11.8. The third-order valence-electron chi connectivity index (χ3n) is 2.29. The van der Waals surface area contributed by atoms with Crippen LogP contribution in [0.3, 0.4) is 0 Å². The molecule has 0 heterocycles. The van der Waals surface area contributed by atoms with Crippen molar-refractivity contribution < 1.29 is 9.18 Å². The zero-order chi connectivity index (χ0) is 12.2. The summed E-state index contributed by atoms with van der Waals surface area (Å²) in [5, 5.41) is 5.79. The van der Waals surface area contributed by atoms with Crippen molar-refractivity contribution in [1.29, 1.82) is 0 Å². The summed E-state index contributed by atoms with van der Waals surface area (Å²) in [6.07, 6.45) is 0. The minimum atomic E-state index is -0.636. The molecule has 0 aliphatic carbocycles. The number of rotatable bonds is 4. The zero-order valence-electron chi connectivity index (χ0n) is 9.80. The molecule has 0 saturated heterocycles. The van der Waals surface area contributed by atoms with Gasteiger partial charge in [-0.25, -0.2) is 4.39 Å². The van der Waals surface area contributed by atoms with Crippen LogP contribution >= 0.6 is 0 Å². The molecular formula is C12H17FN2O. The van der Waals surface area contributed by atoms with E-state index >= 15 is 0 Å². The number of hydrogen-bond acceptors (Lipinski definition) is 2. The minimum Gasteiger partial charge on any atom is -0.325 e. The van der Waals surface area contributed by atoms with Crippen LogP contribution in [0, 0.1) is 5.82 Å². The monoisotopic (exact) mass is 224 g/mol. The van der Waals surface area contributed by atoms with Crippen LogP contribution in [0.5, 0.6) is 0 Å². The van der Waals surface area contributed by atoms with Crippen molar-refractivity contribution in [2.75, 3.05) is 11.9 Å². The summed E-state index contributed by atoms with van der Waals surface area (Å²) in [5.74, 6) is -0.454. The molecule has 0 radical (unpaired) electrons. The predicted octanol–water partition coefficient (Wildman–Crippen LogP) is 2.15. The zero-order valence-corrected chi connectivity index (χ0v) is 9.80. The Morgan fingerprint density at radius 3 is 2.38 bits per heavy atom. The molecule has 0 aliphatic heterocycles. The Balaban J connectivity index is 2.67. The van der Waals surface area contributed by atoms with Crippen LogP contribution in [-0.2, 0) is 4.79 Å². The topological polar surface area (TPSA) is 41.1 Å². The lowest BCUT2D eigenvalue weighted by Crippen LogP contribution is -2.49. The maximum absolute atomic E-state index is 12.7. The molecule has 0 atom stereocenters. The molecule has 4 heteroatoms. The van der Waals surface area contributed by atoms with Crippen LogP contribution in [0.1, 0.15) is 20.8 Å². The van der Waals surface area contributed by atoms with Crippen molar-refractivity contribution in [2.24, 2.45) is 0 Å². The molecule has 1 aromatic carbocycles. The van der Waals surface area contributed by atoms with Gasteiger partial charge < -0.3 is 10.6 Å². The fourth-order valence-electron chi connectivity index (χ4n) is 1.34. The lowest BCUT2D eigenvalue weighted by molar-refractivity contribution is -0.121. The Labute approximate surface area is 95.0 Å². The second kappa shape index (κ2) is 5.07. The largest absolute Gasteiger partial charge is 0.325 e. The number of hydrogen-bond donors (Lipinski definition) is 2. The molecule has 88 valence electrons. The van der Waals surface area contributed by atoms with Gasteiger partial charge in [-0.1, -0.05) is 6.92 Å². The maximum atomic E-state index is 12.7. The van der Waals surface area contributed by atoms with E-state index in [1.807, 2.05) is 6.92 Å². The van der Waals surface area contributed by atoms with E-state index in [0.29, 0.717) is 12.2 Å². The Bertz CT molecular complexity index is 360. The maximum Gasteiger partial charge on any atom is 0.244 e. The molecule has 1 amide bonds. The molecule has 16 heavy (non-hydrogen) atoms. The van der Waals surface area contributed by atoms with Crippen LogP contribution in [0.2, 0.25) is 0 Å². The predicted molar refractivity (Wildman–Crippen MR) is 62.8 cm³/mol. The van der Waals surface area contributed by atoms with E-state index in [-0.39, 0.29) is 11.7 Å². The first-order chi connectivity index (χ1) is 7.45. The number of carbonyl (C=O) groups is 1. The molecule has 0 fully saturated rings. The van der Waals surface area contributed by atoms with E-state index in [4.69, 9.17) is 0 Å². The summed E-state index contributed by atoms with van der Waals surface area (Å²) in [6, 6.07) is 5.70. The summed E-state index contributed by atoms with van der Waals surface area (Å²) in [6.45, 7) is 6.25. The number of anilines is 1.